The summed E-state index contributed by atoms with van der Waals surface area (Å²) in [6.07, 6.45) is -5.21. The summed E-state index contributed by atoms with van der Waals surface area (Å²) in [5.74, 6) is -0.653. The van der Waals surface area contributed by atoms with Gasteiger partial charge in [0, 0.05) is 26.7 Å². The summed E-state index contributed by atoms with van der Waals surface area (Å²) in [5, 5.41) is 0. The van der Waals surface area contributed by atoms with Gasteiger partial charge < -0.3 is 19.3 Å². The van der Waals surface area contributed by atoms with Crippen molar-refractivity contribution in [2.24, 2.45) is 0 Å². The third-order valence-corrected chi connectivity index (χ3v) is 4.71. The van der Waals surface area contributed by atoms with Gasteiger partial charge in [0.2, 0.25) is 0 Å². The zero-order valence-corrected chi connectivity index (χ0v) is 16.2. The van der Waals surface area contributed by atoms with E-state index in [1.54, 1.807) is 26.8 Å². The number of methoxy groups -OCH3 is 1. The van der Waals surface area contributed by atoms with Gasteiger partial charge >= 0.3 is 12.3 Å². The van der Waals surface area contributed by atoms with Gasteiger partial charge in [0.15, 0.2) is 0 Å². The van der Waals surface area contributed by atoms with Crippen molar-refractivity contribution in [3.05, 3.63) is 34.4 Å². The first-order chi connectivity index (χ1) is 12.9. The molecule has 3 rings (SSSR count). The molecule has 2 aliphatic rings. The highest BCUT2D eigenvalue weighted by Crippen LogP contribution is 2.43. The first-order valence-corrected chi connectivity index (χ1v) is 8.94. The summed E-state index contributed by atoms with van der Waals surface area (Å²) in [6, 6.07) is 1.89. The number of halogens is 3. The Bertz CT molecular complexity index is 802. The number of rotatable bonds is 2. The second-order valence-electron chi connectivity index (χ2n) is 7.98. The molecule has 2 amide bonds. The van der Waals surface area contributed by atoms with Crippen LogP contribution in [0.1, 0.15) is 53.9 Å². The van der Waals surface area contributed by atoms with E-state index in [4.69, 9.17) is 9.47 Å². The summed E-state index contributed by atoms with van der Waals surface area (Å²) < 4.78 is 51.2. The molecule has 0 radical (unpaired) electrons. The van der Waals surface area contributed by atoms with Gasteiger partial charge in [-0.25, -0.2) is 4.79 Å². The molecule has 2 aliphatic heterocycles. The van der Waals surface area contributed by atoms with Crippen molar-refractivity contribution in [3.63, 3.8) is 0 Å². The summed E-state index contributed by atoms with van der Waals surface area (Å²) in [6.45, 7) is 5.65. The Labute approximate surface area is 161 Å². The molecule has 0 aromatic heterocycles. The lowest BCUT2D eigenvalue weighted by Gasteiger charge is -2.38. The van der Waals surface area contributed by atoms with Crippen molar-refractivity contribution in [2.45, 2.75) is 45.2 Å². The largest absolute Gasteiger partial charge is 0.444 e. The van der Waals surface area contributed by atoms with Crippen molar-refractivity contribution in [3.8, 4) is 0 Å². The molecule has 1 fully saturated rings. The first kappa shape index (κ1) is 20.4. The molecule has 2 heterocycles. The number of nitrogens with zero attached hydrogens (tertiary/aromatic N) is 2. The molecule has 0 aliphatic carbocycles. The smallest absolute Gasteiger partial charge is 0.417 e. The van der Waals surface area contributed by atoms with Crippen LogP contribution >= 0.6 is 0 Å². The minimum absolute atomic E-state index is 0.00689. The fourth-order valence-electron chi connectivity index (χ4n) is 3.63. The van der Waals surface area contributed by atoms with Gasteiger partial charge in [-0.15, -0.1) is 0 Å². The molecule has 0 unspecified atom stereocenters. The van der Waals surface area contributed by atoms with Crippen LogP contribution in [0.5, 0.6) is 0 Å². The molecule has 6 nitrogen and oxygen atoms in total. The maximum atomic E-state index is 13.6. The Hall–Kier alpha value is -2.29. The average molecular weight is 400 g/mol. The van der Waals surface area contributed by atoms with Crippen LogP contribution in [0.25, 0.3) is 0 Å². The fourth-order valence-corrected chi connectivity index (χ4v) is 3.63. The third-order valence-electron chi connectivity index (χ3n) is 4.71. The maximum Gasteiger partial charge on any atom is 0.417 e. The fraction of sp³-hybridized carbons (Fsp3) is 0.579. The molecular formula is C19H23F3N2O4. The summed E-state index contributed by atoms with van der Waals surface area (Å²) in [7, 11) is 1.39. The van der Waals surface area contributed by atoms with Crippen LogP contribution in [0, 0.1) is 0 Å². The lowest BCUT2D eigenvalue weighted by Crippen LogP contribution is -2.50. The van der Waals surface area contributed by atoms with Crippen molar-refractivity contribution >= 4 is 12.0 Å². The van der Waals surface area contributed by atoms with Crippen LogP contribution in [0.15, 0.2) is 12.1 Å². The van der Waals surface area contributed by atoms with Gasteiger partial charge in [-0.2, -0.15) is 13.2 Å². The van der Waals surface area contributed by atoms with Crippen molar-refractivity contribution in [2.75, 3.05) is 26.7 Å². The van der Waals surface area contributed by atoms with Crippen LogP contribution in [0.4, 0.5) is 18.0 Å². The molecule has 1 atom stereocenters. The first-order valence-electron chi connectivity index (χ1n) is 8.94. The van der Waals surface area contributed by atoms with E-state index in [0.717, 1.165) is 6.07 Å². The predicted octanol–water partition coefficient (Wildman–Crippen LogP) is 3.60. The normalized spacial score (nSPS) is 19.5. The van der Waals surface area contributed by atoms with E-state index in [-0.39, 0.29) is 37.4 Å². The number of carbonyl (C=O) groups excluding carboxylic acids is 2. The molecule has 9 heteroatoms. The average Bonchev–Trinajstić information content (AvgIpc) is 2.84. The third kappa shape index (κ3) is 3.80. The molecule has 0 saturated carbocycles. The summed E-state index contributed by atoms with van der Waals surface area (Å²) >= 11 is 0. The molecule has 0 N–H and O–H groups in total. The number of amides is 2. The van der Waals surface area contributed by atoms with E-state index in [9.17, 15) is 22.8 Å². The number of ether oxygens (including phenoxy) is 2. The number of alkyl halides is 3. The Kier molecular flexibility index (Phi) is 5.07. The molecule has 28 heavy (non-hydrogen) atoms. The van der Waals surface area contributed by atoms with Crippen molar-refractivity contribution in [1.82, 2.24) is 9.80 Å². The number of carbonyl (C=O) groups is 2. The van der Waals surface area contributed by atoms with E-state index in [1.165, 1.54) is 16.9 Å². The molecule has 0 bridgehead atoms. The minimum Gasteiger partial charge on any atom is -0.444 e. The van der Waals surface area contributed by atoms with Gasteiger partial charge in [-0.1, -0.05) is 6.07 Å². The molecule has 1 aromatic rings. The van der Waals surface area contributed by atoms with Gasteiger partial charge in [-0.3, -0.25) is 4.79 Å². The molecule has 154 valence electrons. The second-order valence-corrected chi connectivity index (χ2v) is 7.98. The van der Waals surface area contributed by atoms with Crippen LogP contribution < -0.4 is 0 Å². The number of piperazine rings is 1. The van der Waals surface area contributed by atoms with Crippen molar-refractivity contribution in [1.29, 1.82) is 0 Å². The SMILES string of the molecule is COCc1cc2c(c(C(F)(F)F)c1)C(=O)N1CCN(C(=O)OC(C)(C)C)C[C@@H]21. The number of hydrogen-bond acceptors (Lipinski definition) is 4. The number of benzene rings is 1. The predicted molar refractivity (Wildman–Crippen MR) is 93.7 cm³/mol. The molecule has 1 saturated heterocycles. The lowest BCUT2D eigenvalue weighted by atomic mass is 9.95. The van der Waals surface area contributed by atoms with Crippen LogP contribution in [0.3, 0.4) is 0 Å². The molecular weight excluding hydrogens is 377 g/mol. The Balaban J connectivity index is 1.99. The zero-order valence-electron chi connectivity index (χ0n) is 16.2. The van der Waals surface area contributed by atoms with Gasteiger partial charge in [0.05, 0.1) is 23.8 Å². The number of hydrogen-bond donors (Lipinski definition) is 0. The van der Waals surface area contributed by atoms with E-state index >= 15 is 0 Å². The van der Waals surface area contributed by atoms with Gasteiger partial charge in [0.1, 0.15) is 5.60 Å². The van der Waals surface area contributed by atoms with E-state index in [1.807, 2.05) is 0 Å². The number of fused-ring (bicyclic) bond motifs is 3. The Morgan fingerprint density at radius 2 is 1.89 bits per heavy atom. The Morgan fingerprint density at radius 1 is 1.21 bits per heavy atom. The van der Waals surface area contributed by atoms with Gasteiger partial charge in [-0.05, 0) is 38.0 Å². The van der Waals surface area contributed by atoms with Crippen LogP contribution in [-0.4, -0.2) is 54.1 Å². The molecule has 0 spiro atoms. The van der Waals surface area contributed by atoms with E-state index < -0.39 is 35.4 Å². The van der Waals surface area contributed by atoms with Crippen LogP contribution in [0.2, 0.25) is 0 Å². The van der Waals surface area contributed by atoms with Crippen LogP contribution in [-0.2, 0) is 22.3 Å². The van der Waals surface area contributed by atoms with E-state index in [0.29, 0.717) is 5.56 Å². The second kappa shape index (κ2) is 6.95. The highest BCUT2D eigenvalue weighted by molar-refractivity contribution is 6.01. The summed E-state index contributed by atoms with van der Waals surface area (Å²) in [5.41, 5.74) is -1.37. The zero-order chi connectivity index (χ0) is 20.9. The highest BCUT2D eigenvalue weighted by atomic mass is 19.4. The maximum absolute atomic E-state index is 13.6. The standard InChI is InChI=1S/C19H23F3N2O4/c1-18(2,3)28-17(26)23-5-6-24-14(9-23)12-7-11(10-27-4)8-13(19(20,21)22)15(12)16(24)25/h7-8,14H,5-6,9-10H2,1-4H3/t14-/m0/s1. The quantitative estimate of drug-likeness (QED) is 0.761. The minimum atomic E-state index is -4.66. The van der Waals surface area contributed by atoms with Crippen molar-refractivity contribution < 1.29 is 32.2 Å². The molecule has 1 aromatic carbocycles. The Morgan fingerprint density at radius 3 is 2.46 bits per heavy atom. The van der Waals surface area contributed by atoms with Gasteiger partial charge in [0.25, 0.3) is 5.91 Å². The lowest BCUT2D eigenvalue weighted by molar-refractivity contribution is -0.138. The van der Waals surface area contributed by atoms with E-state index in [2.05, 4.69) is 0 Å². The monoisotopic (exact) mass is 400 g/mol. The summed E-state index contributed by atoms with van der Waals surface area (Å²) in [4.78, 5) is 28.0. The topological polar surface area (TPSA) is 59.1 Å². The highest BCUT2D eigenvalue weighted by Gasteiger charge is 2.47.